The minimum absolute atomic E-state index is 0.0164. The van der Waals surface area contributed by atoms with Gasteiger partial charge in [0.15, 0.2) is 6.61 Å². The molecule has 0 fully saturated rings. The summed E-state index contributed by atoms with van der Waals surface area (Å²) >= 11 is 5.75. The average molecular weight is 362 g/mol. The van der Waals surface area contributed by atoms with E-state index in [4.69, 9.17) is 16.3 Å². The number of rotatable bonds is 5. The van der Waals surface area contributed by atoms with Crippen LogP contribution in [-0.2, 0) is 17.6 Å². The van der Waals surface area contributed by atoms with Crippen LogP contribution in [0.2, 0.25) is 5.02 Å². The standard InChI is InChI=1S/C17H16ClN3O4/c18-13-6-5-11(9-15(13)21(23)24)20-17(22)10-25-16-7-8-19-14-4-2-1-3-12(14)16/h5-9H,1-4,10H2,(H,20,22). The molecular formula is C17H16ClN3O4. The number of amides is 1. The van der Waals surface area contributed by atoms with Crippen molar-refractivity contribution in [3.8, 4) is 5.75 Å². The molecule has 0 bridgehead atoms. The van der Waals surface area contributed by atoms with Crippen LogP contribution >= 0.6 is 11.6 Å². The molecule has 7 nitrogen and oxygen atoms in total. The third-order valence-corrected chi connectivity index (χ3v) is 4.30. The SMILES string of the molecule is O=C(COc1ccnc2c1CCCC2)Nc1ccc(Cl)c([N+](=O)[O-])c1. The van der Waals surface area contributed by atoms with Gasteiger partial charge in [0.05, 0.1) is 4.92 Å². The zero-order valence-corrected chi connectivity index (χ0v) is 14.1. The largest absolute Gasteiger partial charge is 0.483 e. The Hall–Kier alpha value is -2.67. The maximum Gasteiger partial charge on any atom is 0.289 e. The lowest BCUT2D eigenvalue weighted by atomic mass is 9.95. The molecule has 2 aromatic rings. The Balaban J connectivity index is 1.64. The van der Waals surface area contributed by atoms with Gasteiger partial charge in [-0.05, 0) is 43.9 Å². The zero-order valence-electron chi connectivity index (χ0n) is 13.3. The van der Waals surface area contributed by atoms with Crippen molar-refractivity contribution in [2.45, 2.75) is 25.7 Å². The van der Waals surface area contributed by atoms with Crippen LogP contribution in [0.1, 0.15) is 24.1 Å². The van der Waals surface area contributed by atoms with Crippen LogP contribution in [0, 0.1) is 10.1 Å². The van der Waals surface area contributed by atoms with Gasteiger partial charge in [0.25, 0.3) is 11.6 Å². The molecule has 130 valence electrons. The molecule has 0 unspecified atom stereocenters. The number of aryl methyl sites for hydroxylation is 1. The minimum Gasteiger partial charge on any atom is -0.483 e. The van der Waals surface area contributed by atoms with Crippen molar-refractivity contribution < 1.29 is 14.5 Å². The fourth-order valence-electron chi connectivity index (χ4n) is 2.80. The number of halogens is 1. The number of nitrogens with zero attached hydrogens (tertiary/aromatic N) is 2. The first-order valence-electron chi connectivity index (χ1n) is 7.88. The van der Waals surface area contributed by atoms with Crippen LogP contribution in [-0.4, -0.2) is 22.4 Å². The highest BCUT2D eigenvalue weighted by Gasteiger charge is 2.17. The van der Waals surface area contributed by atoms with Crippen molar-refractivity contribution in [2.75, 3.05) is 11.9 Å². The highest BCUT2D eigenvalue weighted by Crippen LogP contribution is 2.29. The summed E-state index contributed by atoms with van der Waals surface area (Å²) in [4.78, 5) is 26.7. The molecule has 0 saturated carbocycles. The minimum atomic E-state index is -0.599. The third kappa shape index (κ3) is 4.06. The number of ether oxygens (including phenoxy) is 1. The monoisotopic (exact) mass is 361 g/mol. The molecule has 1 N–H and O–H groups in total. The van der Waals surface area contributed by atoms with E-state index in [1.807, 2.05) is 0 Å². The van der Waals surface area contributed by atoms with E-state index in [-0.39, 0.29) is 17.3 Å². The number of hydrogen-bond acceptors (Lipinski definition) is 5. The Bertz CT molecular complexity index is 826. The third-order valence-electron chi connectivity index (χ3n) is 3.98. The topological polar surface area (TPSA) is 94.4 Å². The van der Waals surface area contributed by atoms with Crippen LogP contribution in [0.15, 0.2) is 30.5 Å². The highest BCUT2D eigenvalue weighted by molar-refractivity contribution is 6.32. The molecule has 1 aromatic carbocycles. The molecule has 1 amide bonds. The second kappa shape index (κ2) is 7.48. The summed E-state index contributed by atoms with van der Waals surface area (Å²) in [5.41, 5.74) is 2.12. The summed E-state index contributed by atoms with van der Waals surface area (Å²) in [6.07, 6.45) is 5.69. The van der Waals surface area contributed by atoms with Gasteiger partial charge in [-0.2, -0.15) is 0 Å². The lowest BCUT2D eigenvalue weighted by Gasteiger charge is -2.18. The number of nitro groups is 1. The van der Waals surface area contributed by atoms with Crippen molar-refractivity contribution >= 4 is 28.9 Å². The maximum atomic E-state index is 12.1. The Kier molecular flexibility index (Phi) is 5.14. The predicted molar refractivity (Wildman–Crippen MR) is 93.1 cm³/mol. The first-order valence-corrected chi connectivity index (χ1v) is 8.26. The quantitative estimate of drug-likeness (QED) is 0.649. The smallest absolute Gasteiger partial charge is 0.289 e. The molecule has 25 heavy (non-hydrogen) atoms. The Morgan fingerprint density at radius 1 is 1.32 bits per heavy atom. The lowest BCUT2D eigenvalue weighted by molar-refractivity contribution is -0.384. The van der Waals surface area contributed by atoms with Gasteiger partial charge in [0.1, 0.15) is 10.8 Å². The van der Waals surface area contributed by atoms with Crippen LogP contribution < -0.4 is 10.1 Å². The number of nitrogens with one attached hydrogen (secondary N) is 1. The number of carbonyl (C=O) groups is 1. The molecule has 0 saturated heterocycles. The fourth-order valence-corrected chi connectivity index (χ4v) is 2.99. The molecule has 3 rings (SSSR count). The lowest BCUT2D eigenvalue weighted by Crippen LogP contribution is -2.21. The molecule has 0 radical (unpaired) electrons. The predicted octanol–water partition coefficient (Wildman–Crippen LogP) is 3.54. The second-order valence-corrected chi connectivity index (χ2v) is 6.11. The van der Waals surface area contributed by atoms with Crippen LogP contribution in [0.4, 0.5) is 11.4 Å². The molecule has 0 spiro atoms. The van der Waals surface area contributed by atoms with Crippen molar-refractivity contribution in [3.63, 3.8) is 0 Å². The van der Waals surface area contributed by atoms with E-state index >= 15 is 0 Å². The number of hydrogen-bond donors (Lipinski definition) is 1. The summed E-state index contributed by atoms with van der Waals surface area (Å²) in [5.74, 6) is 0.264. The van der Waals surface area contributed by atoms with E-state index in [0.29, 0.717) is 11.4 Å². The zero-order chi connectivity index (χ0) is 17.8. The number of carbonyl (C=O) groups excluding carboxylic acids is 1. The summed E-state index contributed by atoms with van der Waals surface area (Å²) in [5, 5.41) is 13.5. The van der Waals surface area contributed by atoms with Crippen LogP contribution in [0.3, 0.4) is 0 Å². The first-order chi connectivity index (χ1) is 12.0. The molecule has 0 aliphatic heterocycles. The van der Waals surface area contributed by atoms with Gasteiger partial charge in [0, 0.05) is 29.2 Å². The van der Waals surface area contributed by atoms with E-state index in [0.717, 1.165) is 36.9 Å². The average Bonchev–Trinajstić information content (AvgIpc) is 2.61. The summed E-state index contributed by atoms with van der Waals surface area (Å²) < 4.78 is 5.63. The molecule has 1 heterocycles. The Labute approximate surface area is 149 Å². The molecule has 1 aromatic heterocycles. The number of benzene rings is 1. The van der Waals surface area contributed by atoms with Gasteiger partial charge in [-0.25, -0.2) is 0 Å². The van der Waals surface area contributed by atoms with E-state index in [1.165, 1.54) is 18.2 Å². The number of nitro benzene ring substituents is 1. The maximum absolute atomic E-state index is 12.1. The Morgan fingerprint density at radius 3 is 2.92 bits per heavy atom. The number of fused-ring (bicyclic) bond motifs is 1. The molecule has 1 aliphatic rings. The van der Waals surface area contributed by atoms with Gasteiger partial charge < -0.3 is 10.1 Å². The number of pyridine rings is 1. The van der Waals surface area contributed by atoms with Crippen molar-refractivity contribution in [1.82, 2.24) is 4.98 Å². The van der Waals surface area contributed by atoms with E-state index in [1.54, 1.807) is 12.3 Å². The summed E-state index contributed by atoms with van der Waals surface area (Å²) in [7, 11) is 0. The highest BCUT2D eigenvalue weighted by atomic mass is 35.5. The molecule has 1 aliphatic carbocycles. The van der Waals surface area contributed by atoms with Crippen molar-refractivity contribution in [1.29, 1.82) is 0 Å². The van der Waals surface area contributed by atoms with Crippen LogP contribution in [0.5, 0.6) is 5.75 Å². The first kappa shape index (κ1) is 17.2. The van der Waals surface area contributed by atoms with Gasteiger partial charge in [-0.3, -0.25) is 19.9 Å². The van der Waals surface area contributed by atoms with Gasteiger partial charge >= 0.3 is 0 Å². The second-order valence-electron chi connectivity index (χ2n) is 5.70. The summed E-state index contributed by atoms with van der Waals surface area (Å²) in [6.45, 7) is -0.188. The fraction of sp³-hybridized carbons (Fsp3) is 0.294. The van der Waals surface area contributed by atoms with Gasteiger partial charge in [-0.1, -0.05) is 11.6 Å². The summed E-state index contributed by atoms with van der Waals surface area (Å²) in [6, 6.07) is 5.84. The van der Waals surface area contributed by atoms with Crippen molar-refractivity contribution in [3.05, 3.63) is 56.9 Å². The number of anilines is 1. The van der Waals surface area contributed by atoms with Crippen LogP contribution in [0.25, 0.3) is 0 Å². The van der Waals surface area contributed by atoms with Crippen molar-refractivity contribution in [2.24, 2.45) is 0 Å². The normalized spacial score (nSPS) is 13.0. The molecular weight excluding hydrogens is 346 g/mol. The van der Waals surface area contributed by atoms with E-state index in [2.05, 4.69) is 10.3 Å². The van der Waals surface area contributed by atoms with Gasteiger partial charge in [-0.15, -0.1) is 0 Å². The Morgan fingerprint density at radius 2 is 2.12 bits per heavy atom. The number of aromatic nitrogens is 1. The molecule has 8 heteroatoms. The van der Waals surface area contributed by atoms with E-state index in [9.17, 15) is 14.9 Å². The van der Waals surface area contributed by atoms with Gasteiger partial charge in [0.2, 0.25) is 0 Å². The van der Waals surface area contributed by atoms with E-state index < -0.39 is 10.8 Å². The molecule has 0 atom stereocenters.